The second-order valence-electron chi connectivity index (χ2n) is 3.21. The van der Waals surface area contributed by atoms with E-state index in [0.29, 0.717) is 5.69 Å². The molecule has 0 fully saturated rings. The summed E-state index contributed by atoms with van der Waals surface area (Å²) in [5, 5.41) is 10.0. The van der Waals surface area contributed by atoms with E-state index in [0.717, 1.165) is 11.3 Å². The number of aromatic nitrogens is 3. The van der Waals surface area contributed by atoms with Gasteiger partial charge in [-0.1, -0.05) is 6.07 Å². The van der Waals surface area contributed by atoms with Crippen molar-refractivity contribution >= 4 is 0 Å². The van der Waals surface area contributed by atoms with E-state index in [4.69, 9.17) is 0 Å². The van der Waals surface area contributed by atoms with Crippen LogP contribution in [0.25, 0.3) is 0 Å². The molecule has 4 nitrogen and oxygen atoms in total. The summed E-state index contributed by atoms with van der Waals surface area (Å²) in [6, 6.07) is 3.63. The van der Waals surface area contributed by atoms with Gasteiger partial charge >= 0.3 is 0 Å². The topological polar surface area (TPSA) is 58.9 Å². The van der Waals surface area contributed by atoms with Crippen molar-refractivity contribution in [3.05, 3.63) is 53.9 Å². The summed E-state index contributed by atoms with van der Waals surface area (Å²) < 4.78 is 0. The second kappa shape index (κ2) is 4.14. The van der Waals surface area contributed by atoms with Gasteiger partial charge in [0, 0.05) is 29.8 Å². The number of aryl methyl sites for hydroxylation is 1. The highest BCUT2D eigenvalue weighted by molar-refractivity contribution is 5.26. The Balaban J connectivity index is 2.37. The van der Waals surface area contributed by atoms with Gasteiger partial charge in [0.15, 0.2) is 0 Å². The molecule has 2 heterocycles. The number of nitrogens with zero attached hydrogens (tertiary/aromatic N) is 3. The van der Waals surface area contributed by atoms with Crippen molar-refractivity contribution < 1.29 is 5.11 Å². The minimum absolute atomic E-state index is 0.536. The molecule has 0 aliphatic heterocycles. The Kier molecular flexibility index (Phi) is 2.69. The molecule has 0 saturated heterocycles. The summed E-state index contributed by atoms with van der Waals surface area (Å²) in [5.74, 6) is 0. The minimum atomic E-state index is -0.757. The summed E-state index contributed by atoms with van der Waals surface area (Å²) in [5.41, 5.74) is 2.10. The molecular weight excluding hydrogens is 190 g/mol. The molecule has 15 heavy (non-hydrogen) atoms. The van der Waals surface area contributed by atoms with Crippen molar-refractivity contribution in [1.82, 2.24) is 15.0 Å². The van der Waals surface area contributed by atoms with E-state index in [9.17, 15) is 5.11 Å². The molecule has 0 aromatic carbocycles. The van der Waals surface area contributed by atoms with Crippen molar-refractivity contribution in [3.8, 4) is 0 Å². The maximum Gasteiger partial charge on any atom is 0.124 e. The molecule has 76 valence electrons. The van der Waals surface area contributed by atoms with E-state index in [1.807, 2.05) is 13.0 Å². The van der Waals surface area contributed by atoms with Gasteiger partial charge in [-0.05, 0) is 13.0 Å². The van der Waals surface area contributed by atoms with Crippen LogP contribution in [0, 0.1) is 6.92 Å². The van der Waals surface area contributed by atoms with E-state index in [2.05, 4.69) is 15.0 Å². The molecule has 0 bridgehead atoms. The Morgan fingerprint density at radius 3 is 2.73 bits per heavy atom. The molecule has 0 spiro atoms. The van der Waals surface area contributed by atoms with Gasteiger partial charge in [-0.25, -0.2) is 0 Å². The molecule has 0 amide bonds. The third-order valence-electron chi connectivity index (χ3n) is 2.21. The largest absolute Gasteiger partial charge is 0.382 e. The monoisotopic (exact) mass is 201 g/mol. The first kappa shape index (κ1) is 9.73. The lowest BCUT2D eigenvalue weighted by Gasteiger charge is -2.11. The molecule has 1 unspecified atom stereocenters. The SMILES string of the molecule is Cc1ncccc1C(O)c1cnccn1. The average molecular weight is 201 g/mol. The number of hydrogen-bond donors (Lipinski definition) is 1. The molecule has 0 radical (unpaired) electrons. The molecule has 0 saturated carbocycles. The number of hydrogen-bond acceptors (Lipinski definition) is 4. The second-order valence-corrected chi connectivity index (χ2v) is 3.21. The fourth-order valence-electron chi connectivity index (χ4n) is 1.40. The Morgan fingerprint density at radius 2 is 2.07 bits per heavy atom. The lowest BCUT2D eigenvalue weighted by molar-refractivity contribution is 0.213. The van der Waals surface area contributed by atoms with Crippen molar-refractivity contribution in [1.29, 1.82) is 0 Å². The van der Waals surface area contributed by atoms with Crippen LogP contribution >= 0.6 is 0 Å². The summed E-state index contributed by atoms with van der Waals surface area (Å²) in [6.45, 7) is 1.86. The summed E-state index contributed by atoms with van der Waals surface area (Å²) in [7, 11) is 0. The number of rotatable bonds is 2. The van der Waals surface area contributed by atoms with Gasteiger partial charge in [0.1, 0.15) is 6.10 Å². The first-order chi connectivity index (χ1) is 7.29. The highest BCUT2D eigenvalue weighted by Crippen LogP contribution is 2.20. The van der Waals surface area contributed by atoms with E-state index in [1.54, 1.807) is 30.9 Å². The number of aliphatic hydroxyl groups excluding tert-OH is 1. The minimum Gasteiger partial charge on any atom is -0.382 e. The molecular formula is C11H11N3O. The lowest BCUT2D eigenvalue weighted by Crippen LogP contribution is -2.05. The van der Waals surface area contributed by atoms with Crippen LogP contribution in [0.5, 0.6) is 0 Å². The zero-order valence-corrected chi connectivity index (χ0v) is 8.33. The Morgan fingerprint density at radius 1 is 1.20 bits per heavy atom. The average Bonchev–Trinajstić information content (AvgIpc) is 2.30. The highest BCUT2D eigenvalue weighted by atomic mass is 16.3. The molecule has 2 aromatic heterocycles. The van der Waals surface area contributed by atoms with Crippen LogP contribution in [0.4, 0.5) is 0 Å². The molecule has 1 atom stereocenters. The maximum atomic E-state index is 10.0. The normalized spacial score (nSPS) is 12.4. The van der Waals surface area contributed by atoms with Crippen LogP contribution in [0.15, 0.2) is 36.9 Å². The summed E-state index contributed by atoms with van der Waals surface area (Å²) in [4.78, 5) is 12.1. The van der Waals surface area contributed by atoms with Crippen LogP contribution in [0.3, 0.4) is 0 Å². The Hall–Kier alpha value is -1.81. The van der Waals surface area contributed by atoms with Crippen LogP contribution in [0.1, 0.15) is 23.1 Å². The zero-order chi connectivity index (χ0) is 10.7. The Labute approximate surface area is 87.7 Å². The third kappa shape index (κ3) is 1.99. The summed E-state index contributed by atoms with van der Waals surface area (Å²) >= 11 is 0. The van der Waals surface area contributed by atoms with Gasteiger partial charge in [-0.3, -0.25) is 15.0 Å². The molecule has 0 aliphatic carbocycles. The van der Waals surface area contributed by atoms with Gasteiger partial charge < -0.3 is 5.11 Å². The van der Waals surface area contributed by atoms with Crippen LogP contribution in [0.2, 0.25) is 0 Å². The highest BCUT2D eigenvalue weighted by Gasteiger charge is 2.13. The van der Waals surface area contributed by atoms with Crippen molar-refractivity contribution in [2.75, 3.05) is 0 Å². The van der Waals surface area contributed by atoms with Crippen molar-refractivity contribution in [3.63, 3.8) is 0 Å². The maximum absolute atomic E-state index is 10.0. The first-order valence-corrected chi connectivity index (χ1v) is 4.64. The molecule has 1 N–H and O–H groups in total. The lowest BCUT2D eigenvalue weighted by atomic mass is 10.1. The molecule has 0 aliphatic rings. The standard InChI is InChI=1S/C11H11N3O/c1-8-9(3-2-4-13-8)11(15)10-7-12-5-6-14-10/h2-7,11,15H,1H3. The van der Waals surface area contributed by atoms with Gasteiger partial charge in [0.05, 0.1) is 11.9 Å². The molecule has 2 aromatic rings. The van der Waals surface area contributed by atoms with Crippen molar-refractivity contribution in [2.45, 2.75) is 13.0 Å². The smallest absolute Gasteiger partial charge is 0.124 e. The van der Waals surface area contributed by atoms with Crippen LogP contribution < -0.4 is 0 Å². The van der Waals surface area contributed by atoms with E-state index < -0.39 is 6.10 Å². The number of aliphatic hydroxyl groups is 1. The first-order valence-electron chi connectivity index (χ1n) is 4.64. The van der Waals surface area contributed by atoms with E-state index >= 15 is 0 Å². The van der Waals surface area contributed by atoms with Crippen LogP contribution in [-0.2, 0) is 0 Å². The quantitative estimate of drug-likeness (QED) is 0.794. The molecule has 2 rings (SSSR count). The fourth-order valence-corrected chi connectivity index (χ4v) is 1.40. The van der Waals surface area contributed by atoms with Gasteiger partial charge in [-0.2, -0.15) is 0 Å². The van der Waals surface area contributed by atoms with Crippen molar-refractivity contribution in [2.24, 2.45) is 0 Å². The van der Waals surface area contributed by atoms with E-state index in [1.165, 1.54) is 0 Å². The predicted octanol–water partition coefficient (Wildman–Crippen LogP) is 1.26. The van der Waals surface area contributed by atoms with Gasteiger partial charge in [0.25, 0.3) is 0 Å². The molecule has 4 heteroatoms. The third-order valence-corrected chi connectivity index (χ3v) is 2.21. The van der Waals surface area contributed by atoms with E-state index in [-0.39, 0.29) is 0 Å². The van der Waals surface area contributed by atoms with Gasteiger partial charge in [0.2, 0.25) is 0 Å². The predicted molar refractivity (Wildman–Crippen MR) is 55.1 cm³/mol. The fraction of sp³-hybridized carbons (Fsp3) is 0.182. The van der Waals surface area contributed by atoms with Gasteiger partial charge in [-0.15, -0.1) is 0 Å². The number of pyridine rings is 1. The van der Waals surface area contributed by atoms with Crippen LogP contribution in [-0.4, -0.2) is 20.1 Å². The zero-order valence-electron chi connectivity index (χ0n) is 8.33. The summed E-state index contributed by atoms with van der Waals surface area (Å²) in [6.07, 6.45) is 5.63. The Bertz CT molecular complexity index is 445.